The molecule has 28 heavy (non-hydrogen) atoms. The Morgan fingerprint density at radius 1 is 1.29 bits per heavy atom. The Labute approximate surface area is 170 Å². The van der Waals surface area contributed by atoms with Gasteiger partial charge in [0.15, 0.2) is 0 Å². The largest absolute Gasteiger partial charge is 0.444 e. The Balaban J connectivity index is 1.84. The van der Waals surface area contributed by atoms with Crippen molar-refractivity contribution in [3.8, 4) is 0 Å². The zero-order valence-electron chi connectivity index (χ0n) is 16.2. The third kappa shape index (κ3) is 6.35. The Morgan fingerprint density at radius 2 is 2.00 bits per heavy atom. The highest BCUT2D eigenvalue weighted by Crippen LogP contribution is 2.21. The predicted octanol–water partition coefficient (Wildman–Crippen LogP) is 2.13. The highest BCUT2D eigenvalue weighted by molar-refractivity contribution is 7.89. The third-order valence-corrected chi connectivity index (χ3v) is 5.70. The Hall–Kier alpha value is -1.84. The molecule has 0 saturated carbocycles. The number of sulfonamides is 1. The molecule has 1 aliphatic rings. The van der Waals surface area contributed by atoms with Crippen molar-refractivity contribution in [3.05, 3.63) is 29.3 Å². The van der Waals surface area contributed by atoms with E-state index in [2.05, 4.69) is 10.0 Å². The second kappa shape index (κ2) is 9.11. The first-order chi connectivity index (χ1) is 13.0. The first-order valence-corrected chi connectivity index (χ1v) is 10.9. The summed E-state index contributed by atoms with van der Waals surface area (Å²) in [5.41, 5.74) is -0.640. The van der Waals surface area contributed by atoms with Gasteiger partial charge in [0.1, 0.15) is 11.6 Å². The predicted molar refractivity (Wildman–Crippen MR) is 106 cm³/mol. The summed E-state index contributed by atoms with van der Waals surface area (Å²) in [6.07, 6.45) is 0.727. The molecule has 1 atom stereocenters. The molecule has 8 nitrogen and oxygen atoms in total. The van der Waals surface area contributed by atoms with Crippen LogP contribution in [0, 0.1) is 0 Å². The monoisotopic (exact) mass is 431 g/mol. The van der Waals surface area contributed by atoms with E-state index in [9.17, 15) is 18.0 Å². The van der Waals surface area contributed by atoms with E-state index in [4.69, 9.17) is 16.3 Å². The van der Waals surface area contributed by atoms with Crippen LogP contribution in [0.15, 0.2) is 29.2 Å². The van der Waals surface area contributed by atoms with Gasteiger partial charge in [0.05, 0.1) is 4.90 Å². The molecule has 1 aromatic carbocycles. The summed E-state index contributed by atoms with van der Waals surface area (Å²) in [6.45, 7) is 5.86. The minimum Gasteiger partial charge on any atom is -0.444 e. The van der Waals surface area contributed by atoms with Crippen LogP contribution in [0.2, 0.25) is 5.02 Å². The number of hydrogen-bond acceptors (Lipinski definition) is 5. The molecule has 0 radical (unpaired) electrons. The van der Waals surface area contributed by atoms with Gasteiger partial charge in [0.2, 0.25) is 15.9 Å². The Kier molecular flexibility index (Phi) is 7.30. The van der Waals surface area contributed by atoms with E-state index in [1.807, 2.05) is 0 Å². The van der Waals surface area contributed by atoms with E-state index in [0.29, 0.717) is 24.4 Å². The summed E-state index contributed by atoms with van der Waals surface area (Å²) in [6, 6.07) is 5.30. The number of rotatable bonds is 6. The maximum absolute atomic E-state index is 12.4. The topological polar surface area (TPSA) is 105 Å². The van der Waals surface area contributed by atoms with Crippen LogP contribution in [-0.4, -0.2) is 56.6 Å². The van der Waals surface area contributed by atoms with E-state index in [0.717, 1.165) is 0 Å². The number of carbonyl (C=O) groups is 2. The highest BCUT2D eigenvalue weighted by atomic mass is 35.5. The number of benzene rings is 1. The number of halogens is 1. The van der Waals surface area contributed by atoms with Crippen molar-refractivity contribution in [1.82, 2.24) is 14.9 Å². The van der Waals surface area contributed by atoms with E-state index in [-0.39, 0.29) is 23.9 Å². The van der Waals surface area contributed by atoms with Gasteiger partial charge in [-0.05, 0) is 51.8 Å². The fraction of sp³-hybridized carbons (Fsp3) is 0.556. The summed E-state index contributed by atoms with van der Waals surface area (Å²) in [5, 5.41) is 2.99. The van der Waals surface area contributed by atoms with Crippen LogP contribution in [0.5, 0.6) is 0 Å². The zero-order valence-corrected chi connectivity index (χ0v) is 17.8. The number of ether oxygens (including phenoxy) is 1. The molecular formula is C18H26ClN3O5S. The van der Waals surface area contributed by atoms with Crippen molar-refractivity contribution < 1.29 is 22.7 Å². The van der Waals surface area contributed by atoms with Crippen molar-refractivity contribution in [1.29, 1.82) is 0 Å². The Bertz CT molecular complexity index is 823. The van der Waals surface area contributed by atoms with Gasteiger partial charge < -0.3 is 10.1 Å². The molecule has 0 aliphatic carbocycles. The smallest absolute Gasteiger partial charge is 0.410 e. The first kappa shape index (κ1) is 22.4. The standard InChI is InChI=1S/C18H26ClN3O5S/c1-18(2,3)27-17(24)22-11-5-8-15(22)16(23)20-9-10-21-28(25,26)14-7-4-6-13(19)12-14/h4,6-7,12,15,21H,5,8-11H2,1-3H3,(H,20,23). The zero-order chi connectivity index (χ0) is 20.9. The van der Waals surface area contributed by atoms with Crippen LogP contribution in [0.3, 0.4) is 0 Å². The first-order valence-electron chi connectivity index (χ1n) is 9.02. The van der Waals surface area contributed by atoms with Gasteiger partial charge in [-0.25, -0.2) is 17.9 Å². The van der Waals surface area contributed by atoms with Crippen LogP contribution in [0.1, 0.15) is 33.6 Å². The molecule has 1 saturated heterocycles. The van der Waals surface area contributed by atoms with Crippen LogP contribution >= 0.6 is 11.6 Å². The number of hydrogen-bond donors (Lipinski definition) is 2. The maximum atomic E-state index is 12.4. The second-order valence-electron chi connectivity index (χ2n) is 7.48. The van der Waals surface area contributed by atoms with Gasteiger partial charge in [-0.2, -0.15) is 0 Å². The minimum absolute atomic E-state index is 0.0136. The number of likely N-dealkylation sites (tertiary alicyclic amines) is 1. The molecular weight excluding hydrogens is 406 g/mol. The molecule has 0 bridgehead atoms. The average molecular weight is 432 g/mol. The van der Waals surface area contributed by atoms with E-state index < -0.39 is 27.8 Å². The van der Waals surface area contributed by atoms with Crippen LogP contribution < -0.4 is 10.0 Å². The van der Waals surface area contributed by atoms with Crippen molar-refractivity contribution in [2.24, 2.45) is 0 Å². The molecule has 156 valence electrons. The summed E-state index contributed by atoms with van der Waals surface area (Å²) in [4.78, 5) is 26.1. The van der Waals surface area contributed by atoms with Crippen molar-refractivity contribution >= 4 is 33.6 Å². The van der Waals surface area contributed by atoms with Gasteiger partial charge in [0.25, 0.3) is 0 Å². The lowest BCUT2D eigenvalue weighted by molar-refractivity contribution is -0.125. The minimum atomic E-state index is -3.71. The lowest BCUT2D eigenvalue weighted by atomic mass is 10.2. The van der Waals surface area contributed by atoms with Crippen molar-refractivity contribution in [2.75, 3.05) is 19.6 Å². The SMILES string of the molecule is CC(C)(C)OC(=O)N1CCCC1C(=O)NCCNS(=O)(=O)c1cccc(Cl)c1. The Morgan fingerprint density at radius 3 is 2.64 bits per heavy atom. The lowest BCUT2D eigenvalue weighted by Crippen LogP contribution is -2.48. The molecule has 2 N–H and O–H groups in total. The molecule has 10 heteroatoms. The molecule has 1 aromatic rings. The number of nitrogens with zero attached hydrogens (tertiary/aromatic N) is 1. The molecule has 2 amide bonds. The van der Waals surface area contributed by atoms with E-state index in [1.54, 1.807) is 32.9 Å². The lowest BCUT2D eigenvalue weighted by Gasteiger charge is -2.28. The molecule has 1 fully saturated rings. The molecule has 2 rings (SSSR count). The van der Waals surface area contributed by atoms with Crippen molar-refractivity contribution in [2.45, 2.75) is 50.2 Å². The van der Waals surface area contributed by atoms with Crippen LogP contribution in [-0.2, 0) is 19.6 Å². The number of nitrogens with one attached hydrogen (secondary N) is 2. The molecule has 1 heterocycles. The van der Waals surface area contributed by atoms with Gasteiger partial charge in [0, 0.05) is 24.7 Å². The van der Waals surface area contributed by atoms with Gasteiger partial charge >= 0.3 is 6.09 Å². The highest BCUT2D eigenvalue weighted by Gasteiger charge is 2.36. The van der Waals surface area contributed by atoms with Crippen LogP contribution in [0.4, 0.5) is 4.79 Å². The van der Waals surface area contributed by atoms with Crippen molar-refractivity contribution in [3.63, 3.8) is 0 Å². The van der Waals surface area contributed by atoms with Gasteiger partial charge in [-0.3, -0.25) is 9.69 Å². The quantitative estimate of drug-likeness (QED) is 0.671. The van der Waals surface area contributed by atoms with Crippen LogP contribution in [0.25, 0.3) is 0 Å². The fourth-order valence-electron chi connectivity index (χ4n) is 2.78. The average Bonchev–Trinajstić information content (AvgIpc) is 3.07. The normalized spacial score (nSPS) is 17.4. The van der Waals surface area contributed by atoms with Gasteiger partial charge in [-0.1, -0.05) is 17.7 Å². The number of amides is 2. The summed E-state index contributed by atoms with van der Waals surface area (Å²) >= 11 is 5.81. The van der Waals surface area contributed by atoms with E-state index in [1.165, 1.54) is 17.0 Å². The molecule has 1 unspecified atom stereocenters. The third-order valence-electron chi connectivity index (χ3n) is 4.01. The maximum Gasteiger partial charge on any atom is 0.410 e. The van der Waals surface area contributed by atoms with Gasteiger partial charge in [-0.15, -0.1) is 0 Å². The fourth-order valence-corrected chi connectivity index (χ4v) is 4.12. The summed E-state index contributed by atoms with van der Waals surface area (Å²) in [7, 11) is -3.71. The second-order valence-corrected chi connectivity index (χ2v) is 9.68. The number of carbonyl (C=O) groups excluding carboxylic acids is 2. The van der Waals surface area contributed by atoms with E-state index >= 15 is 0 Å². The molecule has 1 aliphatic heterocycles. The summed E-state index contributed by atoms with van der Waals surface area (Å²) in [5.74, 6) is -0.328. The molecule has 0 aromatic heterocycles. The summed E-state index contributed by atoms with van der Waals surface area (Å²) < 4.78 is 32.2. The molecule has 0 spiro atoms.